The lowest BCUT2D eigenvalue weighted by Gasteiger charge is -2.11. The predicted octanol–water partition coefficient (Wildman–Crippen LogP) is 1.96. The number of carbonyl (C=O) groups is 2. The van der Waals surface area contributed by atoms with E-state index in [1.54, 1.807) is 6.07 Å². The maximum Gasteiger partial charge on any atom is 0.320 e. The third-order valence-electron chi connectivity index (χ3n) is 2.54. The number of rotatable bonds is 5. The van der Waals surface area contributed by atoms with Gasteiger partial charge in [-0.05, 0) is 18.1 Å². The molecule has 18 heavy (non-hydrogen) atoms. The molecule has 1 amide bonds. The number of carbonyl (C=O) groups excluding carboxylic acids is 2. The summed E-state index contributed by atoms with van der Waals surface area (Å²) in [6.45, 7) is 2.27. The zero-order valence-corrected chi connectivity index (χ0v) is 12.6. The molecular weight excluding hydrogens is 345 g/mol. The molecule has 1 unspecified atom stereocenters. The minimum Gasteiger partial charge on any atom is -0.468 e. The third kappa shape index (κ3) is 3.97. The van der Waals surface area contributed by atoms with Gasteiger partial charge < -0.3 is 10.1 Å². The zero-order valence-electron chi connectivity index (χ0n) is 10.4. The Labute approximate surface area is 120 Å². The first-order valence-corrected chi connectivity index (χ1v) is 6.92. The lowest BCUT2D eigenvalue weighted by atomic mass is 10.0. The van der Waals surface area contributed by atoms with Crippen LogP contribution in [0.3, 0.4) is 0 Å². The van der Waals surface area contributed by atoms with Crippen LogP contribution in [-0.4, -0.2) is 29.5 Å². The molecule has 0 radical (unpaired) electrons. The number of esters is 1. The van der Waals surface area contributed by atoms with E-state index in [-0.39, 0.29) is 22.3 Å². The van der Waals surface area contributed by atoms with E-state index in [1.807, 2.05) is 47.7 Å². The largest absolute Gasteiger partial charge is 0.468 e. The first kappa shape index (κ1) is 14.9. The highest BCUT2D eigenvalue weighted by atomic mass is 127. The van der Waals surface area contributed by atoms with E-state index in [0.717, 1.165) is 12.0 Å². The number of ether oxygens (including phenoxy) is 1. The number of benzene rings is 1. The van der Waals surface area contributed by atoms with Crippen LogP contribution in [-0.2, 0) is 16.0 Å². The summed E-state index contributed by atoms with van der Waals surface area (Å²) in [6.07, 6.45) is 0.800. The summed E-state index contributed by atoms with van der Waals surface area (Å²) < 4.78 is 4.23. The fraction of sp³-hybridized carbons (Fsp3) is 0.385. The highest BCUT2D eigenvalue weighted by Crippen LogP contribution is 2.09. The summed E-state index contributed by atoms with van der Waals surface area (Å²) in [4.78, 5) is 23.2. The first-order valence-electron chi connectivity index (χ1n) is 5.68. The van der Waals surface area contributed by atoms with Crippen molar-refractivity contribution in [1.29, 1.82) is 0 Å². The van der Waals surface area contributed by atoms with Crippen LogP contribution in [0.5, 0.6) is 0 Å². The maximum atomic E-state index is 12.0. The van der Waals surface area contributed by atoms with Crippen molar-refractivity contribution in [2.24, 2.45) is 0 Å². The molecule has 5 heteroatoms. The fourth-order valence-corrected chi connectivity index (χ4v) is 2.01. The lowest BCUT2D eigenvalue weighted by molar-refractivity contribution is -0.139. The van der Waals surface area contributed by atoms with Crippen molar-refractivity contribution in [1.82, 2.24) is 5.32 Å². The van der Waals surface area contributed by atoms with E-state index in [9.17, 15) is 9.59 Å². The van der Waals surface area contributed by atoms with Crippen molar-refractivity contribution >= 4 is 34.5 Å². The number of nitrogens with one attached hydrogen (secondary N) is 1. The smallest absolute Gasteiger partial charge is 0.320 e. The van der Waals surface area contributed by atoms with Crippen LogP contribution in [0.1, 0.15) is 22.8 Å². The van der Waals surface area contributed by atoms with E-state index in [0.29, 0.717) is 5.56 Å². The zero-order chi connectivity index (χ0) is 13.5. The molecule has 1 N–H and O–H groups in total. The van der Waals surface area contributed by atoms with Gasteiger partial charge in [0.25, 0.3) is 5.91 Å². The second-order valence-corrected chi connectivity index (χ2v) is 5.22. The van der Waals surface area contributed by atoms with Gasteiger partial charge in [0.15, 0.2) is 0 Å². The highest BCUT2D eigenvalue weighted by Gasteiger charge is 2.17. The topological polar surface area (TPSA) is 55.4 Å². The van der Waals surface area contributed by atoms with Gasteiger partial charge in [-0.25, -0.2) is 0 Å². The van der Waals surface area contributed by atoms with Gasteiger partial charge in [0.1, 0.15) is 3.92 Å². The molecule has 0 saturated heterocycles. The standard InChI is InChI=1S/C13H16INO3/c1-3-9-6-4-5-7-10(9)12(16)15-8-11(14)13(17)18-2/h4-7,11H,3,8H2,1-2H3,(H,15,16). The molecule has 1 aromatic carbocycles. The minimum absolute atomic E-state index is 0.155. The fourth-order valence-electron chi connectivity index (χ4n) is 1.54. The van der Waals surface area contributed by atoms with Gasteiger partial charge in [-0.3, -0.25) is 9.59 Å². The normalized spacial score (nSPS) is 11.7. The van der Waals surface area contributed by atoms with Crippen molar-refractivity contribution < 1.29 is 14.3 Å². The van der Waals surface area contributed by atoms with Gasteiger partial charge in [-0.1, -0.05) is 47.7 Å². The molecule has 0 aliphatic heterocycles. The Hall–Kier alpha value is -1.11. The number of aryl methyl sites for hydroxylation is 1. The van der Waals surface area contributed by atoms with E-state index >= 15 is 0 Å². The van der Waals surface area contributed by atoms with Crippen molar-refractivity contribution in [3.8, 4) is 0 Å². The number of halogens is 1. The van der Waals surface area contributed by atoms with Crippen LogP contribution in [0, 0.1) is 0 Å². The van der Waals surface area contributed by atoms with E-state index < -0.39 is 0 Å². The van der Waals surface area contributed by atoms with Crippen LogP contribution in [0.2, 0.25) is 0 Å². The van der Waals surface area contributed by atoms with Crippen molar-refractivity contribution in [3.63, 3.8) is 0 Å². The maximum absolute atomic E-state index is 12.0. The Morgan fingerprint density at radius 1 is 1.39 bits per heavy atom. The molecule has 98 valence electrons. The van der Waals surface area contributed by atoms with Gasteiger partial charge in [-0.15, -0.1) is 0 Å². The summed E-state index contributed by atoms with van der Waals surface area (Å²) >= 11 is 1.95. The second kappa shape index (κ2) is 7.35. The monoisotopic (exact) mass is 361 g/mol. The summed E-state index contributed by atoms with van der Waals surface area (Å²) in [5.41, 5.74) is 1.66. The van der Waals surface area contributed by atoms with Gasteiger partial charge in [0.05, 0.1) is 7.11 Å². The highest BCUT2D eigenvalue weighted by molar-refractivity contribution is 14.1. The Bertz CT molecular complexity index is 434. The SMILES string of the molecule is CCc1ccccc1C(=O)NCC(I)C(=O)OC. The second-order valence-electron chi connectivity index (χ2n) is 3.71. The third-order valence-corrected chi connectivity index (χ3v) is 3.49. The Morgan fingerprint density at radius 3 is 2.67 bits per heavy atom. The summed E-state index contributed by atoms with van der Waals surface area (Å²) in [7, 11) is 1.34. The molecule has 0 aliphatic carbocycles. The van der Waals surface area contributed by atoms with Gasteiger partial charge in [0, 0.05) is 12.1 Å². The molecule has 1 atom stereocenters. The number of amides is 1. The van der Waals surface area contributed by atoms with Crippen molar-refractivity contribution in [3.05, 3.63) is 35.4 Å². The number of alkyl halides is 1. The Kier molecular flexibility index (Phi) is 6.11. The van der Waals surface area contributed by atoms with Crippen LogP contribution >= 0.6 is 22.6 Å². The van der Waals surface area contributed by atoms with E-state index in [1.165, 1.54) is 7.11 Å². The van der Waals surface area contributed by atoms with Gasteiger partial charge in [0.2, 0.25) is 0 Å². The summed E-state index contributed by atoms with van der Waals surface area (Å²) in [5, 5.41) is 2.74. The molecule has 1 aromatic rings. The number of hydrogen-bond acceptors (Lipinski definition) is 3. The Morgan fingerprint density at radius 2 is 2.06 bits per heavy atom. The number of hydrogen-bond donors (Lipinski definition) is 1. The van der Waals surface area contributed by atoms with Crippen LogP contribution < -0.4 is 5.32 Å². The lowest BCUT2D eigenvalue weighted by Crippen LogP contribution is -2.34. The first-order chi connectivity index (χ1) is 8.60. The molecule has 0 spiro atoms. The van der Waals surface area contributed by atoms with Crippen molar-refractivity contribution in [2.45, 2.75) is 17.3 Å². The average Bonchev–Trinajstić information content (AvgIpc) is 2.43. The summed E-state index contributed by atoms with van der Waals surface area (Å²) in [6, 6.07) is 7.45. The summed E-state index contributed by atoms with van der Waals surface area (Å²) in [5.74, 6) is -0.488. The van der Waals surface area contributed by atoms with Gasteiger partial charge in [-0.2, -0.15) is 0 Å². The molecule has 0 aliphatic rings. The molecule has 0 saturated carbocycles. The quantitative estimate of drug-likeness (QED) is 0.496. The average molecular weight is 361 g/mol. The molecule has 0 heterocycles. The predicted molar refractivity (Wildman–Crippen MR) is 78.0 cm³/mol. The Balaban J connectivity index is 2.63. The van der Waals surface area contributed by atoms with Crippen LogP contribution in [0.25, 0.3) is 0 Å². The van der Waals surface area contributed by atoms with E-state index in [2.05, 4.69) is 10.1 Å². The molecule has 0 bridgehead atoms. The minimum atomic E-state index is -0.370. The molecule has 0 aromatic heterocycles. The molecule has 4 nitrogen and oxygen atoms in total. The van der Waals surface area contributed by atoms with Crippen molar-refractivity contribution in [2.75, 3.05) is 13.7 Å². The van der Waals surface area contributed by atoms with Gasteiger partial charge >= 0.3 is 5.97 Å². The molecule has 1 rings (SSSR count). The molecular formula is C13H16INO3. The van der Waals surface area contributed by atoms with E-state index in [4.69, 9.17) is 0 Å². The van der Waals surface area contributed by atoms with Crippen LogP contribution in [0.4, 0.5) is 0 Å². The number of methoxy groups -OCH3 is 1. The van der Waals surface area contributed by atoms with Crippen LogP contribution in [0.15, 0.2) is 24.3 Å². The molecule has 0 fully saturated rings.